The first-order valence-corrected chi connectivity index (χ1v) is 6.77. The topological polar surface area (TPSA) is 47.0 Å². The van der Waals surface area contributed by atoms with Crippen molar-refractivity contribution in [2.75, 3.05) is 18.7 Å². The van der Waals surface area contributed by atoms with Gasteiger partial charge in [-0.05, 0) is 19.1 Å². The Morgan fingerprint density at radius 3 is 3.06 bits per heavy atom. The second-order valence-electron chi connectivity index (χ2n) is 3.90. The largest absolute Gasteiger partial charge is 0.481 e. The van der Waals surface area contributed by atoms with Gasteiger partial charge in [0.05, 0.1) is 7.11 Å². The van der Waals surface area contributed by atoms with Crippen molar-refractivity contribution in [1.29, 1.82) is 0 Å². The van der Waals surface area contributed by atoms with Crippen molar-refractivity contribution < 1.29 is 4.74 Å². The molecular formula is C11H17N3OS. The smallest absolute Gasteiger partial charge is 0.218 e. The predicted molar refractivity (Wildman–Crippen MR) is 67.1 cm³/mol. The van der Waals surface area contributed by atoms with E-state index >= 15 is 0 Å². The van der Waals surface area contributed by atoms with Crippen molar-refractivity contribution in [2.45, 2.75) is 30.6 Å². The molecule has 0 bridgehead atoms. The molecule has 2 unspecified atom stereocenters. The van der Waals surface area contributed by atoms with Crippen LogP contribution in [0.4, 0.5) is 5.82 Å². The van der Waals surface area contributed by atoms with E-state index in [0.717, 1.165) is 5.82 Å². The Morgan fingerprint density at radius 1 is 1.44 bits per heavy atom. The van der Waals surface area contributed by atoms with Crippen molar-refractivity contribution in [3.63, 3.8) is 0 Å². The van der Waals surface area contributed by atoms with E-state index in [1.807, 2.05) is 17.8 Å². The van der Waals surface area contributed by atoms with Crippen LogP contribution in [0.5, 0.6) is 5.88 Å². The molecule has 0 saturated heterocycles. The molecule has 1 aromatic heterocycles. The molecule has 1 N–H and O–H groups in total. The fourth-order valence-electron chi connectivity index (χ4n) is 2.09. The van der Waals surface area contributed by atoms with Gasteiger partial charge in [-0.15, -0.1) is 0 Å². The fraction of sp³-hybridized carbons (Fsp3) is 0.636. The van der Waals surface area contributed by atoms with Gasteiger partial charge in [0.1, 0.15) is 12.1 Å². The summed E-state index contributed by atoms with van der Waals surface area (Å²) in [6, 6.07) is 2.37. The van der Waals surface area contributed by atoms with E-state index in [1.54, 1.807) is 7.11 Å². The van der Waals surface area contributed by atoms with Gasteiger partial charge >= 0.3 is 0 Å². The average Bonchev–Trinajstić information content (AvgIpc) is 2.76. The SMILES string of the molecule is COc1cc(NC2CCCC2SC)ncn1. The highest BCUT2D eigenvalue weighted by molar-refractivity contribution is 7.99. The molecule has 1 heterocycles. The van der Waals surface area contributed by atoms with Crippen LogP contribution in [0, 0.1) is 0 Å². The van der Waals surface area contributed by atoms with Crippen molar-refractivity contribution in [2.24, 2.45) is 0 Å². The lowest BCUT2D eigenvalue weighted by atomic mass is 10.2. The molecule has 5 heteroatoms. The van der Waals surface area contributed by atoms with Crippen LogP contribution in [0.2, 0.25) is 0 Å². The number of aromatic nitrogens is 2. The van der Waals surface area contributed by atoms with Gasteiger partial charge in [-0.2, -0.15) is 11.8 Å². The highest BCUT2D eigenvalue weighted by Gasteiger charge is 2.26. The van der Waals surface area contributed by atoms with Crippen LogP contribution < -0.4 is 10.1 Å². The molecule has 4 nitrogen and oxygen atoms in total. The molecule has 16 heavy (non-hydrogen) atoms. The van der Waals surface area contributed by atoms with E-state index in [9.17, 15) is 0 Å². The van der Waals surface area contributed by atoms with Gasteiger partial charge in [0.15, 0.2) is 0 Å². The molecule has 0 amide bonds. The second kappa shape index (κ2) is 5.39. The minimum atomic E-state index is 0.523. The molecule has 88 valence electrons. The van der Waals surface area contributed by atoms with Crippen LogP contribution in [0.25, 0.3) is 0 Å². The Balaban J connectivity index is 2.02. The number of hydrogen-bond acceptors (Lipinski definition) is 5. The Bertz CT molecular complexity index is 348. The number of rotatable bonds is 4. The van der Waals surface area contributed by atoms with Crippen LogP contribution in [-0.2, 0) is 0 Å². The van der Waals surface area contributed by atoms with Crippen LogP contribution >= 0.6 is 11.8 Å². The Hall–Kier alpha value is -0.970. The molecular weight excluding hydrogens is 222 g/mol. The first kappa shape index (κ1) is 11.5. The molecule has 1 aromatic rings. The number of anilines is 1. The maximum absolute atomic E-state index is 5.08. The maximum Gasteiger partial charge on any atom is 0.218 e. The highest BCUT2D eigenvalue weighted by atomic mass is 32.2. The molecule has 0 aromatic carbocycles. The summed E-state index contributed by atoms with van der Waals surface area (Å²) in [5, 5.41) is 4.16. The molecule has 2 atom stereocenters. The summed E-state index contributed by atoms with van der Waals surface area (Å²) in [5.41, 5.74) is 0. The standard InChI is InChI=1S/C11H17N3OS/c1-15-11-6-10(12-7-13-11)14-8-4-3-5-9(8)16-2/h6-9H,3-5H2,1-2H3,(H,12,13,14). The van der Waals surface area contributed by atoms with E-state index < -0.39 is 0 Å². The number of nitrogens with one attached hydrogen (secondary N) is 1. The van der Waals surface area contributed by atoms with Gasteiger partial charge in [0.2, 0.25) is 5.88 Å². The van der Waals surface area contributed by atoms with Crippen molar-refractivity contribution in [3.05, 3.63) is 12.4 Å². The number of thioether (sulfide) groups is 1. The molecule has 1 aliphatic carbocycles. The van der Waals surface area contributed by atoms with Crippen molar-refractivity contribution in [1.82, 2.24) is 9.97 Å². The minimum absolute atomic E-state index is 0.523. The third-order valence-corrected chi connectivity index (χ3v) is 4.11. The molecule has 1 aliphatic rings. The van der Waals surface area contributed by atoms with Crippen LogP contribution in [0.1, 0.15) is 19.3 Å². The molecule has 1 fully saturated rings. The molecule has 0 radical (unpaired) electrons. The Kier molecular flexibility index (Phi) is 3.88. The van der Waals surface area contributed by atoms with Gasteiger partial charge in [0.25, 0.3) is 0 Å². The molecule has 2 rings (SSSR count). The van der Waals surface area contributed by atoms with Gasteiger partial charge in [-0.25, -0.2) is 9.97 Å². The van der Waals surface area contributed by atoms with E-state index in [-0.39, 0.29) is 0 Å². The highest BCUT2D eigenvalue weighted by Crippen LogP contribution is 2.30. The summed E-state index contributed by atoms with van der Waals surface area (Å²) in [7, 11) is 1.62. The van der Waals surface area contributed by atoms with E-state index in [1.165, 1.54) is 25.6 Å². The third-order valence-electron chi connectivity index (χ3n) is 2.94. The second-order valence-corrected chi connectivity index (χ2v) is 4.98. The van der Waals surface area contributed by atoms with Gasteiger partial charge in [0, 0.05) is 17.4 Å². The summed E-state index contributed by atoms with van der Waals surface area (Å²) < 4.78 is 5.08. The lowest BCUT2D eigenvalue weighted by molar-refractivity contribution is 0.397. The quantitative estimate of drug-likeness (QED) is 0.872. The zero-order valence-corrected chi connectivity index (χ0v) is 10.5. The Morgan fingerprint density at radius 2 is 2.31 bits per heavy atom. The van der Waals surface area contributed by atoms with Crippen LogP contribution in [-0.4, -0.2) is 34.6 Å². The van der Waals surface area contributed by atoms with Crippen molar-refractivity contribution in [3.8, 4) is 5.88 Å². The molecule has 0 aliphatic heterocycles. The predicted octanol–water partition coefficient (Wildman–Crippen LogP) is 2.18. The summed E-state index contributed by atoms with van der Waals surface area (Å²) in [6.45, 7) is 0. The number of methoxy groups -OCH3 is 1. The summed E-state index contributed by atoms with van der Waals surface area (Å²) >= 11 is 1.93. The van der Waals surface area contributed by atoms with E-state index in [2.05, 4.69) is 21.5 Å². The monoisotopic (exact) mass is 239 g/mol. The molecule has 0 spiro atoms. The average molecular weight is 239 g/mol. The van der Waals surface area contributed by atoms with Gasteiger partial charge in [-0.3, -0.25) is 0 Å². The Labute approximate surface area is 100 Å². The van der Waals surface area contributed by atoms with Crippen LogP contribution in [0.15, 0.2) is 12.4 Å². The number of ether oxygens (including phenoxy) is 1. The lowest BCUT2D eigenvalue weighted by Gasteiger charge is -2.19. The van der Waals surface area contributed by atoms with Gasteiger partial charge < -0.3 is 10.1 Å². The zero-order valence-electron chi connectivity index (χ0n) is 9.64. The zero-order chi connectivity index (χ0) is 11.4. The normalized spacial score (nSPS) is 24.4. The maximum atomic E-state index is 5.08. The summed E-state index contributed by atoms with van der Waals surface area (Å²) in [6.07, 6.45) is 7.51. The summed E-state index contributed by atoms with van der Waals surface area (Å²) in [4.78, 5) is 8.20. The fourth-order valence-corrected chi connectivity index (χ4v) is 3.03. The first-order chi connectivity index (χ1) is 7.83. The lowest BCUT2D eigenvalue weighted by Crippen LogP contribution is -2.26. The number of nitrogens with zero attached hydrogens (tertiary/aromatic N) is 2. The number of hydrogen-bond donors (Lipinski definition) is 1. The van der Waals surface area contributed by atoms with Crippen LogP contribution in [0.3, 0.4) is 0 Å². The summed E-state index contributed by atoms with van der Waals surface area (Å²) in [5.74, 6) is 1.47. The van der Waals surface area contributed by atoms with E-state index in [4.69, 9.17) is 4.74 Å². The van der Waals surface area contributed by atoms with Gasteiger partial charge in [-0.1, -0.05) is 6.42 Å². The minimum Gasteiger partial charge on any atom is -0.481 e. The van der Waals surface area contributed by atoms with E-state index in [0.29, 0.717) is 17.2 Å². The molecule has 1 saturated carbocycles. The third kappa shape index (κ3) is 2.58. The first-order valence-electron chi connectivity index (χ1n) is 5.49. The van der Waals surface area contributed by atoms with Crippen molar-refractivity contribution >= 4 is 17.6 Å².